The van der Waals surface area contributed by atoms with Crippen molar-refractivity contribution in [1.82, 2.24) is 0 Å². The molecule has 0 spiro atoms. The lowest BCUT2D eigenvalue weighted by molar-refractivity contribution is 0.311. The van der Waals surface area contributed by atoms with Gasteiger partial charge in [0.2, 0.25) is 0 Å². The number of hydrogen-bond donors (Lipinski definition) is 3. The van der Waals surface area contributed by atoms with Crippen LogP contribution in [0.5, 0.6) is 0 Å². The van der Waals surface area contributed by atoms with Crippen molar-refractivity contribution in [2.75, 3.05) is 18.5 Å². The number of rotatable bonds is 5. The summed E-state index contributed by atoms with van der Waals surface area (Å²) in [6.45, 7) is 2.86. The lowest BCUT2D eigenvalue weighted by atomic mass is 10.1. The van der Waals surface area contributed by atoms with Crippen LogP contribution in [0.25, 0.3) is 0 Å². The molecule has 0 heterocycles. The van der Waals surface area contributed by atoms with Crippen LogP contribution < -0.4 is 5.32 Å². The van der Waals surface area contributed by atoms with E-state index in [0.717, 1.165) is 5.69 Å². The lowest BCUT2D eigenvalue weighted by Crippen LogP contribution is -2.05. The monoisotopic (exact) mass is 229 g/mol. The molecule has 0 radical (unpaired) electrons. The van der Waals surface area contributed by atoms with Gasteiger partial charge in [-0.3, -0.25) is 0 Å². The van der Waals surface area contributed by atoms with Crippen LogP contribution >= 0.6 is 22.5 Å². The van der Waals surface area contributed by atoms with Crippen molar-refractivity contribution in [1.29, 1.82) is 0 Å². The van der Waals surface area contributed by atoms with E-state index in [0.29, 0.717) is 11.8 Å². The molecule has 2 nitrogen and oxygen atoms in total. The zero-order valence-electron chi connectivity index (χ0n) is 8.10. The van der Waals surface area contributed by atoms with Gasteiger partial charge in [0, 0.05) is 17.5 Å². The zero-order chi connectivity index (χ0) is 10.4. The third-order valence-corrected chi connectivity index (χ3v) is 3.49. The van der Waals surface area contributed by atoms with Crippen molar-refractivity contribution in [2.45, 2.75) is 12.2 Å². The SMILES string of the molecule is CC(SS)c1cccc(NCCO)c1. The van der Waals surface area contributed by atoms with Gasteiger partial charge in [-0.1, -0.05) is 22.9 Å². The number of anilines is 1. The molecule has 2 N–H and O–H groups in total. The van der Waals surface area contributed by atoms with E-state index in [2.05, 4.69) is 36.0 Å². The minimum absolute atomic E-state index is 0.154. The van der Waals surface area contributed by atoms with E-state index >= 15 is 0 Å². The molecule has 0 aromatic heterocycles. The highest BCUT2D eigenvalue weighted by Crippen LogP contribution is 2.31. The molecular formula is C10H15NOS2. The highest BCUT2D eigenvalue weighted by molar-refractivity contribution is 8.68. The maximum atomic E-state index is 8.67. The summed E-state index contributed by atoms with van der Waals surface area (Å²) in [7, 11) is 1.53. The number of hydrogen-bond acceptors (Lipinski definition) is 4. The largest absolute Gasteiger partial charge is 0.395 e. The van der Waals surface area contributed by atoms with Crippen LogP contribution in [0.15, 0.2) is 24.3 Å². The Balaban J connectivity index is 2.68. The summed E-state index contributed by atoms with van der Waals surface area (Å²) in [6, 6.07) is 8.17. The molecule has 0 aliphatic rings. The first kappa shape index (κ1) is 11.8. The molecule has 1 rings (SSSR count). The highest BCUT2D eigenvalue weighted by Gasteiger charge is 2.03. The van der Waals surface area contributed by atoms with Crippen LogP contribution in [0.2, 0.25) is 0 Å². The molecule has 78 valence electrons. The van der Waals surface area contributed by atoms with Gasteiger partial charge in [0.15, 0.2) is 0 Å². The van der Waals surface area contributed by atoms with Crippen LogP contribution in [0, 0.1) is 0 Å². The highest BCUT2D eigenvalue weighted by atomic mass is 33.1. The van der Waals surface area contributed by atoms with E-state index in [-0.39, 0.29) is 6.61 Å². The van der Waals surface area contributed by atoms with Crippen LogP contribution in [0.3, 0.4) is 0 Å². The molecule has 14 heavy (non-hydrogen) atoms. The van der Waals surface area contributed by atoms with Gasteiger partial charge in [-0.25, -0.2) is 0 Å². The van der Waals surface area contributed by atoms with Crippen molar-refractivity contribution in [2.24, 2.45) is 0 Å². The fraction of sp³-hybridized carbons (Fsp3) is 0.400. The normalized spacial score (nSPS) is 12.5. The Morgan fingerprint density at radius 2 is 2.36 bits per heavy atom. The fourth-order valence-electron chi connectivity index (χ4n) is 1.16. The molecule has 0 bridgehead atoms. The van der Waals surface area contributed by atoms with E-state index in [1.165, 1.54) is 16.4 Å². The first-order valence-electron chi connectivity index (χ1n) is 4.53. The van der Waals surface area contributed by atoms with Crippen molar-refractivity contribution < 1.29 is 5.11 Å². The molecule has 1 aromatic carbocycles. The summed E-state index contributed by atoms with van der Waals surface area (Å²) >= 11 is 4.19. The lowest BCUT2D eigenvalue weighted by Gasteiger charge is -2.10. The van der Waals surface area contributed by atoms with Gasteiger partial charge in [0.05, 0.1) is 6.61 Å². The first-order valence-corrected chi connectivity index (χ1v) is 6.46. The van der Waals surface area contributed by atoms with Crippen molar-refractivity contribution >= 4 is 28.1 Å². The summed E-state index contributed by atoms with van der Waals surface area (Å²) in [5.74, 6) is 0. The molecule has 0 amide bonds. The summed E-state index contributed by atoms with van der Waals surface area (Å²) < 4.78 is 0. The smallest absolute Gasteiger partial charge is 0.0604 e. The van der Waals surface area contributed by atoms with Gasteiger partial charge < -0.3 is 10.4 Å². The standard InChI is InChI=1S/C10H15NOS2/c1-8(14-13)9-3-2-4-10(7-9)11-5-6-12/h2-4,7-8,11-13H,5-6H2,1H3. The van der Waals surface area contributed by atoms with Crippen LogP contribution in [-0.4, -0.2) is 18.3 Å². The van der Waals surface area contributed by atoms with Crippen LogP contribution in [-0.2, 0) is 0 Å². The van der Waals surface area contributed by atoms with Gasteiger partial charge in [-0.05, 0) is 24.6 Å². The Morgan fingerprint density at radius 3 is 3.00 bits per heavy atom. The molecule has 0 aliphatic carbocycles. The predicted octanol–water partition coefficient (Wildman–Crippen LogP) is 2.73. The molecule has 1 aromatic rings. The van der Waals surface area contributed by atoms with Crippen molar-refractivity contribution in [3.63, 3.8) is 0 Å². The topological polar surface area (TPSA) is 32.3 Å². The summed E-state index contributed by atoms with van der Waals surface area (Å²) in [5.41, 5.74) is 2.29. The van der Waals surface area contributed by atoms with E-state index in [1.54, 1.807) is 0 Å². The zero-order valence-corrected chi connectivity index (χ0v) is 9.81. The minimum atomic E-state index is 0.154. The molecule has 0 saturated heterocycles. The maximum Gasteiger partial charge on any atom is 0.0604 e. The predicted molar refractivity (Wildman–Crippen MR) is 67.0 cm³/mol. The van der Waals surface area contributed by atoms with E-state index < -0.39 is 0 Å². The third kappa shape index (κ3) is 3.44. The van der Waals surface area contributed by atoms with Gasteiger partial charge >= 0.3 is 0 Å². The third-order valence-electron chi connectivity index (χ3n) is 1.96. The Hall–Kier alpha value is -0.320. The number of benzene rings is 1. The second-order valence-corrected chi connectivity index (χ2v) is 4.57. The average molecular weight is 229 g/mol. The number of aliphatic hydroxyl groups is 1. The number of nitrogens with one attached hydrogen (secondary N) is 1. The molecule has 1 unspecified atom stereocenters. The van der Waals surface area contributed by atoms with Crippen molar-refractivity contribution in [3.8, 4) is 0 Å². The van der Waals surface area contributed by atoms with Gasteiger partial charge in [0.25, 0.3) is 0 Å². The summed E-state index contributed by atoms with van der Waals surface area (Å²) in [6.07, 6.45) is 0. The van der Waals surface area contributed by atoms with Crippen LogP contribution in [0.1, 0.15) is 17.7 Å². The fourth-order valence-corrected chi connectivity index (χ4v) is 1.80. The quantitative estimate of drug-likeness (QED) is 0.536. The van der Waals surface area contributed by atoms with Gasteiger partial charge in [-0.15, -0.1) is 11.7 Å². The van der Waals surface area contributed by atoms with E-state index in [1.807, 2.05) is 12.1 Å². The molecule has 0 aliphatic heterocycles. The Kier molecular flexibility index (Phi) is 5.22. The first-order chi connectivity index (χ1) is 6.77. The second kappa shape index (κ2) is 6.22. The van der Waals surface area contributed by atoms with Crippen molar-refractivity contribution in [3.05, 3.63) is 29.8 Å². The minimum Gasteiger partial charge on any atom is -0.395 e. The van der Waals surface area contributed by atoms with Gasteiger partial charge in [-0.2, -0.15) is 0 Å². The van der Waals surface area contributed by atoms with E-state index in [4.69, 9.17) is 5.11 Å². The molecule has 0 fully saturated rings. The molecule has 0 saturated carbocycles. The Labute approximate surface area is 93.9 Å². The Bertz CT molecular complexity index is 281. The Morgan fingerprint density at radius 1 is 1.57 bits per heavy atom. The summed E-state index contributed by atoms with van der Waals surface area (Å²) in [4.78, 5) is 0. The molecule has 1 atom stereocenters. The molecule has 4 heteroatoms. The second-order valence-electron chi connectivity index (χ2n) is 3.02. The number of thiol groups is 1. The van der Waals surface area contributed by atoms with Crippen LogP contribution in [0.4, 0.5) is 5.69 Å². The average Bonchev–Trinajstić information content (AvgIpc) is 2.25. The van der Waals surface area contributed by atoms with E-state index in [9.17, 15) is 0 Å². The maximum absolute atomic E-state index is 8.67. The summed E-state index contributed by atoms with van der Waals surface area (Å²) in [5, 5.41) is 12.2. The number of aliphatic hydroxyl groups excluding tert-OH is 1. The van der Waals surface area contributed by atoms with Gasteiger partial charge in [0.1, 0.15) is 0 Å². The molecular weight excluding hydrogens is 214 g/mol.